The van der Waals surface area contributed by atoms with Crippen LogP contribution in [0.25, 0.3) is 11.1 Å². The lowest BCUT2D eigenvalue weighted by molar-refractivity contribution is -0.147. The Morgan fingerprint density at radius 3 is 2.38 bits per heavy atom. The first-order valence-electron chi connectivity index (χ1n) is 8.70. The van der Waals surface area contributed by atoms with Crippen LogP contribution in [-0.4, -0.2) is 12.6 Å². The van der Waals surface area contributed by atoms with E-state index in [4.69, 9.17) is 4.74 Å². The molecule has 2 fully saturated rings. The van der Waals surface area contributed by atoms with E-state index in [-0.39, 0.29) is 5.97 Å². The Labute approximate surface area is 143 Å². The molecule has 1 aliphatic carbocycles. The van der Waals surface area contributed by atoms with E-state index in [2.05, 4.69) is 55.1 Å². The second-order valence-electron chi connectivity index (χ2n) is 7.04. The van der Waals surface area contributed by atoms with E-state index >= 15 is 0 Å². The number of carbonyl (C=O) groups is 1. The van der Waals surface area contributed by atoms with Gasteiger partial charge in [-0.2, -0.15) is 0 Å². The summed E-state index contributed by atoms with van der Waals surface area (Å²) in [5.74, 6) is 0.351. The Morgan fingerprint density at radius 2 is 1.71 bits per heavy atom. The van der Waals surface area contributed by atoms with Crippen molar-refractivity contribution in [2.24, 2.45) is 5.41 Å². The summed E-state index contributed by atoms with van der Waals surface area (Å²) in [5, 5.41) is 0. The fourth-order valence-electron chi connectivity index (χ4n) is 4.22. The summed E-state index contributed by atoms with van der Waals surface area (Å²) in [6.07, 6.45) is 3.92. The van der Waals surface area contributed by atoms with E-state index in [0.29, 0.717) is 12.5 Å². The first-order valence-corrected chi connectivity index (χ1v) is 8.70. The second kappa shape index (κ2) is 5.94. The fourth-order valence-corrected chi connectivity index (χ4v) is 4.22. The van der Waals surface area contributed by atoms with Crippen molar-refractivity contribution in [1.29, 1.82) is 0 Å². The van der Waals surface area contributed by atoms with Gasteiger partial charge in [0, 0.05) is 0 Å². The van der Waals surface area contributed by atoms with Crippen LogP contribution in [0.15, 0.2) is 66.7 Å². The van der Waals surface area contributed by atoms with Crippen molar-refractivity contribution in [2.45, 2.75) is 31.6 Å². The molecule has 2 aliphatic rings. The van der Waals surface area contributed by atoms with E-state index < -0.39 is 5.41 Å². The van der Waals surface area contributed by atoms with E-state index in [1.807, 2.05) is 6.07 Å². The minimum absolute atomic E-state index is 0.0573. The number of hydrogen-bond acceptors (Lipinski definition) is 2. The van der Waals surface area contributed by atoms with Crippen molar-refractivity contribution in [3.63, 3.8) is 0 Å². The number of benzene rings is 2. The minimum Gasteiger partial charge on any atom is -0.460 e. The average Bonchev–Trinajstić information content (AvgIpc) is 2.91. The number of cyclic esters (lactones) is 1. The van der Waals surface area contributed by atoms with Crippen molar-refractivity contribution in [1.82, 2.24) is 0 Å². The van der Waals surface area contributed by atoms with Crippen molar-refractivity contribution in [3.05, 3.63) is 72.3 Å². The van der Waals surface area contributed by atoms with Crippen LogP contribution in [-0.2, 0) is 9.53 Å². The largest absolute Gasteiger partial charge is 0.460 e. The van der Waals surface area contributed by atoms with Crippen LogP contribution in [0, 0.1) is 5.41 Å². The molecule has 2 aromatic rings. The molecule has 1 saturated carbocycles. The van der Waals surface area contributed by atoms with Gasteiger partial charge in [0.2, 0.25) is 0 Å². The molecule has 1 aliphatic heterocycles. The van der Waals surface area contributed by atoms with Crippen molar-refractivity contribution < 1.29 is 9.53 Å². The maximum atomic E-state index is 12.3. The molecule has 4 rings (SSSR count). The molecule has 24 heavy (non-hydrogen) atoms. The van der Waals surface area contributed by atoms with Gasteiger partial charge in [-0.3, -0.25) is 4.79 Å². The van der Waals surface area contributed by atoms with Crippen LogP contribution in [0.1, 0.15) is 37.2 Å². The SMILES string of the molecule is C=C1COC(=O)[C@@]12CCC[C@@H](c1ccc(-c3ccccc3)cc1)C2. The fraction of sp³-hybridized carbons (Fsp3) is 0.318. The highest BCUT2D eigenvalue weighted by Crippen LogP contribution is 2.51. The molecule has 1 heterocycles. The average molecular weight is 318 g/mol. The molecular formula is C22H22O2. The molecule has 2 heteroatoms. The molecule has 122 valence electrons. The third-order valence-electron chi connectivity index (χ3n) is 5.69. The van der Waals surface area contributed by atoms with Gasteiger partial charge in [-0.05, 0) is 47.4 Å². The highest BCUT2D eigenvalue weighted by molar-refractivity contribution is 5.83. The zero-order chi connectivity index (χ0) is 16.6. The number of ether oxygens (including phenoxy) is 1. The molecule has 2 aromatic carbocycles. The Balaban J connectivity index is 1.58. The van der Waals surface area contributed by atoms with Crippen LogP contribution in [0.3, 0.4) is 0 Å². The predicted molar refractivity (Wildman–Crippen MR) is 95.6 cm³/mol. The Bertz CT molecular complexity index is 742. The Kier molecular flexibility index (Phi) is 3.76. The Hall–Kier alpha value is -2.35. The molecule has 0 radical (unpaired) electrons. The molecule has 0 aromatic heterocycles. The molecule has 0 N–H and O–H groups in total. The predicted octanol–water partition coefficient (Wildman–Crippen LogP) is 5.11. The van der Waals surface area contributed by atoms with Gasteiger partial charge in [-0.25, -0.2) is 0 Å². The first-order chi connectivity index (χ1) is 11.7. The summed E-state index contributed by atoms with van der Waals surface area (Å²) in [4.78, 5) is 12.3. The maximum absolute atomic E-state index is 12.3. The minimum atomic E-state index is -0.430. The van der Waals surface area contributed by atoms with Gasteiger partial charge in [-0.1, -0.05) is 67.6 Å². The molecule has 0 amide bonds. The van der Waals surface area contributed by atoms with Crippen molar-refractivity contribution in [2.75, 3.05) is 6.61 Å². The summed E-state index contributed by atoms with van der Waals surface area (Å²) >= 11 is 0. The zero-order valence-electron chi connectivity index (χ0n) is 13.8. The zero-order valence-corrected chi connectivity index (χ0v) is 13.8. The van der Waals surface area contributed by atoms with Crippen LogP contribution in [0.2, 0.25) is 0 Å². The summed E-state index contributed by atoms with van der Waals surface area (Å²) in [6.45, 7) is 4.52. The Morgan fingerprint density at radius 1 is 1.00 bits per heavy atom. The van der Waals surface area contributed by atoms with E-state index in [9.17, 15) is 4.79 Å². The molecular weight excluding hydrogens is 296 g/mol. The highest BCUT2D eigenvalue weighted by atomic mass is 16.5. The molecule has 1 spiro atoms. The number of rotatable bonds is 2. The second-order valence-corrected chi connectivity index (χ2v) is 7.04. The van der Waals surface area contributed by atoms with Gasteiger partial charge >= 0.3 is 5.97 Å². The third-order valence-corrected chi connectivity index (χ3v) is 5.69. The van der Waals surface area contributed by atoms with Crippen LogP contribution in [0.4, 0.5) is 0 Å². The molecule has 0 bridgehead atoms. The highest BCUT2D eigenvalue weighted by Gasteiger charge is 2.50. The monoisotopic (exact) mass is 318 g/mol. The van der Waals surface area contributed by atoms with Crippen LogP contribution < -0.4 is 0 Å². The van der Waals surface area contributed by atoms with Crippen LogP contribution >= 0.6 is 0 Å². The van der Waals surface area contributed by atoms with Gasteiger partial charge < -0.3 is 4.74 Å². The quantitative estimate of drug-likeness (QED) is 0.568. The molecule has 0 unspecified atom stereocenters. The lowest BCUT2D eigenvalue weighted by Gasteiger charge is -2.35. The summed E-state index contributed by atoms with van der Waals surface area (Å²) < 4.78 is 5.28. The van der Waals surface area contributed by atoms with Gasteiger partial charge in [0.05, 0.1) is 5.41 Å². The lowest BCUT2D eigenvalue weighted by atomic mass is 9.65. The third kappa shape index (κ3) is 2.47. The topological polar surface area (TPSA) is 26.3 Å². The van der Waals surface area contributed by atoms with Crippen LogP contribution in [0.5, 0.6) is 0 Å². The lowest BCUT2D eigenvalue weighted by Crippen LogP contribution is -2.33. The number of carbonyl (C=O) groups excluding carboxylic acids is 1. The summed E-state index contributed by atoms with van der Waals surface area (Å²) in [7, 11) is 0. The van der Waals surface area contributed by atoms with E-state index in [0.717, 1.165) is 31.3 Å². The first kappa shape index (κ1) is 15.2. The van der Waals surface area contributed by atoms with Crippen molar-refractivity contribution >= 4 is 5.97 Å². The van der Waals surface area contributed by atoms with Gasteiger partial charge in [0.25, 0.3) is 0 Å². The molecule has 2 nitrogen and oxygen atoms in total. The number of hydrogen-bond donors (Lipinski definition) is 0. The van der Waals surface area contributed by atoms with Crippen molar-refractivity contribution in [3.8, 4) is 11.1 Å². The van der Waals surface area contributed by atoms with E-state index in [1.165, 1.54) is 16.7 Å². The smallest absolute Gasteiger partial charge is 0.316 e. The van der Waals surface area contributed by atoms with Gasteiger partial charge in [-0.15, -0.1) is 0 Å². The summed E-state index contributed by atoms with van der Waals surface area (Å²) in [6, 6.07) is 19.2. The molecule has 2 atom stereocenters. The maximum Gasteiger partial charge on any atom is 0.316 e. The standard InChI is InChI=1S/C22H22O2/c1-16-15-24-21(23)22(16)13-5-8-20(14-22)19-11-9-18(10-12-19)17-6-3-2-4-7-17/h2-4,6-7,9-12,20H,1,5,8,13-15H2/t20-,22-/m1/s1. The summed E-state index contributed by atoms with van der Waals surface area (Å²) in [5.41, 5.74) is 4.33. The van der Waals surface area contributed by atoms with E-state index in [1.54, 1.807) is 0 Å². The van der Waals surface area contributed by atoms with Gasteiger partial charge in [0.15, 0.2) is 0 Å². The number of esters is 1. The normalized spacial score (nSPS) is 26.6. The molecule has 1 saturated heterocycles. The van der Waals surface area contributed by atoms with Gasteiger partial charge in [0.1, 0.15) is 6.61 Å².